The third-order valence-corrected chi connectivity index (χ3v) is 7.99. The van der Waals surface area contributed by atoms with Crippen LogP contribution in [0.3, 0.4) is 0 Å². The number of carbonyl (C=O) groups is 1. The first-order valence-corrected chi connectivity index (χ1v) is 14.2. The van der Waals surface area contributed by atoms with Gasteiger partial charge in [-0.25, -0.2) is 9.78 Å². The molecule has 8 nitrogen and oxygen atoms in total. The molecule has 2 fully saturated rings. The quantitative estimate of drug-likeness (QED) is 0.369. The van der Waals surface area contributed by atoms with Gasteiger partial charge in [0.2, 0.25) is 0 Å². The molecule has 0 aliphatic carbocycles. The molecule has 204 valence electrons. The molecule has 5 rings (SSSR count). The van der Waals surface area contributed by atoms with E-state index in [1.807, 2.05) is 43.9 Å². The number of carbonyl (C=O) groups excluding carboxylic acids is 1. The zero-order chi connectivity index (χ0) is 26.7. The minimum Gasteiger partial charge on any atom is -0.497 e. The number of aromatic nitrogens is 1. The molecule has 0 bridgehead atoms. The SMILES string of the molecule is COc1ccc2nc(-c3ccc(N4CC(OCCCN5CCN(C(=O)OC(C)(C)C)CC5)C4)cc3)sc2c1. The molecule has 0 saturated carbocycles. The number of piperazine rings is 1. The maximum Gasteiger partial charge on any atom is 0.410 e. The van der Waals surface area contributed by atoms with Crippen molar-refractivity contribution in [1.82, 2.24) is 14.8 Å². The van der Waals surface area contributed by atoms with Crippen LogP contribution in [0.5, 0.6) is 5.75 Å². The van der Waals surface area contributed by atoms with E-state index >= 15 is 0 Å². The Kier molecular flexibility index (Phi) is 8.07. The fourth-order valence-corrected chi connectivity index (χ4v) is 5.74. The molecule has 2 aliphatic heterocycles. The van der Waals surface area contributed by atoms with E-state index in [1.165, 1.54) is 5.69 Å². The van der Waals surface area contributed by atoms with Crippen molar-refractivity contribution in [3.63, 3.8) is 0 Å². The first-order chi connectivity index (χ1) is 18.3. The second-order valence-electron chi connectivity index (χ2n) is 11.0. The first kappa shape index (κ1) is 26.7. The fourth-order valence-electron chi connectivity index (χ4n) is 4.74. The Labute approximate surface area is 229 Å². The lowest BCUT2D eigenvalue weighted by atomic mass is 10.1. The number of amides is 1. The maximum absolute atomic E-state index is 12.2. The summed E-state index contributed by atoms with van der Waals surface area (Å²) < 4.78 is 18.1. The zero-order valence-corrected chi connectivity index (χ0v) is 23.6. The lowest BCUT2D eigenvalue weighted by Gasteiger charge is -2.41. The van der Waals surface area contributed by atoms with Gasteiger partial charge in [-0.05, 0) is 69.7 Å². The molecule has 0 N–H and O–H groups in total. The largest absolute Gasteiger partial charge is 0.497 e. The number of hydrogen-bond donors (Lipinski definition) is 0. The van der Waals surface area contributed by atoms with Gasteiger partial charge in [-0.15, -0.1) is 11.3 Å². The second kappa shape index (κ2) is 11.5. The van der Waals surface area contributed by atoms with Crippen molar-refractivity contribution in [2.45, 2.75) is 38.9 Å². The number of hydrogen-bond acceptors (Lipinski definition) is 8. The van der Waals surface area contributed by atoms with E-state index in [0.29, 0.717) is 0 Å². The van der Waals surface area contributed by atoms with Crippen molar-refractivity contribution >= 4 is 33.3 Å². The molecule has 3 heterocycles. The van der Waals surface area contributed by atoms with Crippen LogP contribution in [-0.2, 0) is 9.47 Å². The first-order valence-electron chi connectivity index (χ1n) is 13.4. The Morgan fingerprint density at radius 1 is 1.05 bits per heavy atom. The summed E-state index contributed by atoms with van der Waals surface area (Å²) in [4.78, 5) is 23.6. The Balaban J connectivity index is 0.994. The molecule has 1 aromatic heterocycles. The molecular weight excluding hydrogens is 500 g/mol. The Hall–Kier alpha value is -2.88. The summed E-state index contributed by atoms with van der Waals surface area (Å²) in [6.45, 7) is 12.6. The third kappa shape index (κ3) is 6.57. The van der Waals surface area contributed by atoms with Gasteiger partial charge in [0.25, 0.3) is 0 Å². The van der Waals surface area contributed by atoms with Gasteiger partial charge in [-0.1, -0.05) is 0 Å². The Morgan fingerprint density at radius 3 is 2.47 bits per heavy atom. The standard InChI is InChI=1S/C29H38N4O4S/c1-29(2,3)37-28(34)32-15-13-31(14-16-32)12-5-17-36-24-19-33(20-24)22-8-6-21(7-9-22)27-30-25-11-10-23(35-4)18-26(25)38-27/h6-11,18,24H,5,12-17,19-20H2,1-4H3. The van der Waals surface area contributed by atoms with Crippen LogP contribution < -0.4 is 9.64 Å². The van der Waals surface area contributed by atoms with Crippen molar-refractivity contribution in [3.05, 3.63) is 42.5 Å². The van der Waals surface area contributed by atoms with Crippen molar-refractivity contribution in [2.75, 3.05) is 64.4 Å². The molecule has 2 aliphatic rings. The van der Waals surface area contributed by atoms with Crippen LogP contribution in [0.1, 0.15) is 27.2 Å². The second-order valence-corrected chi connectivity index (χ2v) is 12.0. The maximum atomic E-state index is 12.2. The van der Waals surface area contributed by atoms with Gasteiger partial charge in [0.1, 0.15) is 16.4 Å². The monoisotopic (exact) mass is 538 g/mol. The van der Waals surface area contributed by atoms with Crippen LogP contribution in [0.2, 0.25) is 0 Å². The number of anilines is 1. The molecule has 0 unspecified atom stereocenters. The van der Waals surface area contributed by atoms with Crippen LogP contribution in [0, 0.1) is 0 Å². The number of ether oxygens (including phenoxy) is 3. The predicted octanol–water partition coefficient (Wildman–Crippen LogP) is 5.12. The minimum absolute atomic E-state index is 0.206. The van der Waals surface area contributed by atoms with Crippen molar-refractivity contribution in [3.8, 4) is 16.3 Å². The van der Waals surface area contributed by atoms with E-state index in [2.05, 4.69) is 34.1 Å². The molecule has 9 heteroatoms. The van der Waals surface area contributed by atoms with E-state index in [4.69, 9.17) is 19.2 Å². The van der Waals surface area contributed by atoms with Gasteiger partial charge in [0, 0.05) is 63.7 Å². The number of rotatable bonds is 8. The van der Waals surface area contributed by atoms with E-state index in [0.717, 1.165) is 85.4 Å². The normalized spacial score (nSPS) is 17.1. The summed E-state index contributed by atoms with van der Waals surface area (Å²) in [6, 6.07) is 14.7. The van der Waals surface area contributed by atoms with Crippen LogP contribution in [0.15, 0.2) is 42.5 Å². The van der Waals surface area contributed by atoms with Gasteiger partial charge in [-0.2, -0.15) is 0 Å². The summed E-state index contributed by atoms with van der Waals surface area (Å²) in [6.07, 6.45) is 1.09. The highest BCUT2D eigenvalue weighted by Gasteiger charge is 2.28. The van der Waals surface area contributed by atoms with Gasteiger partial charge in [0.05, 0.1) is 23.4 Å². The van der Waals surface area contributed by atoms with Crippen LogP contribution in [0.25, 0.3) is 20.8 Å². The molecule has 2 aromatic carbocycles. The Morgan fingerprint density at radius 2 is 1.79 bits per heavy atom. The molecule has 0 atom stereocenters. The van der Waals surface area contributed by atoms with Crippen LogP contribution in [-0.4, -0.2) is 92.1 Å². The summed E-state index contributed by atoms with van der Waals surface area (Å²) in [5.41, 5.74) is 2.91. The number of benzene rings is 2. The smallest absolute Gasteiger partial charge is 0.410 e. The molecule has 38 heavy (non-hydrogen) atoms. The minimum atomic E-state index is -0.446. The van der Waals surface area contributed by atoms with E-state index in [1.54, 1.807) is 18.4 Å². The van der Waals surface area contributed by atoms with E-state index in [9.17, 15) is 4.79 Å². The van der Waals surface area contributed by atoms with Crippen molar-refractivity contribution in [1.29, 1.82) is 0 Å². The van der Waals surface area contributed by atoms with Crippen LogP contribution in [0.4, 0.5) is 10.5 Å². The van der Waals surface area contributed by atoms with Crippen molar-refractivity contribution < 1.29 is 19.0 Å². The summed E-state index contributed by atoms with van der Waals surface area (Å²) >= 11 is 1.69. The lowest BCUT2D eigenvalue weighted by Crippen LogP contribution is -2.52. The van der Waals surface area contributed by atoms with Gasteiger partial charge >= 0.3 is 6.09 Å². The highest BCUT2D eigenvalue weighted by molar-refractivity contribution is 7.21. The van der Waals surface area contributed by atoms with E-state index in [-0.39, 0.29) is 12.2 Å². The number of thiazole rings is 1. The number of fused-ring (bicyclic) bond motifs is 1. The predicted molar refractivity (Wildman–Crippen MR) is 152 cm³/mol. The van der Waals surface area contributed by atoms with E-state index < -0.39 is 5.60 Å². The average Bonchev–Trinajstić information content (AvgIpc) is 3.30. The van der Waals surface area contributed by atoms with Gasteiger partial charge in [-0.3, -0.25) is 4.90 Å². The summed E-state index contributed by atoms with van der Waals surface area (Å²) in [5, 5.41) is 1.02. The molecule has 0 radical (unpaired) electrons. The van der Waals surface area contributed by atoms with Crippen LogP contribution >= 0.6 is 11.3 Å². The highest BCUT2D eigenvalue weighted by Crippen LogP contribution is 2.33. The zero-order valence-electron chi connectivity index (χ0n) is 22.8. The number of methoxy groups -OCH3 is 1. The van der Waals surface area contributed by atoms with Gasteiger partial charge in [0.15, 0.2) is 0 Å². The summed E-state index contributed by atoms with van der Waals surface area (Å²) in [5.74, 6) is 0.857. The summed E-state index contributed by atoms with van der Waals surface area (Å²) in [7, 11) is 1.69. The molecule has 1 amide bonds. The topological polar surface area (TPSA) is 67.4 Å². The average molecular weight is 539 g/mol. The van der Waals surface area contributed by atoms with Crippen molar-refractivity contribution in [2.24, 2.45) is 0 Å². The molecular formula is C29H38N4O4S. The molecule has 0 spiro atoms. The fraction of sp³-hybridized carbons (Fsp3) is 0.517. The number of nitrogens with zero attached hydrogens (tertiary/aromatic N) is 4. The van der Waals surface area contributed by atoms with Gasteiger partial charge < -0.3 is 24.0 Å². The highest BCUT2D eigenvalue weighted by atomic mass is 32.1. The molecule has 3 aromatic rings. The lowest BCUT2D eigenvalue weighted by molar-refractivity contribution is 0.00998. The Bertz CT molecular complexity index is 1230. The molecule has 2 saturated heterocycles. The third-order valence-electron chi connectivity index (χ3n) is 6.92.